The highest BCUT2D eigenvalue weighted by atomic mass is 16.6. The minimum Gasteiger partial charge on any atom is -0.467 e. The number of carbonyl (C=O) groups is 2. The number of carbonyl (C=O) groups excluding carboxylic acids is 2. The molecule has 1 atom stereocenters. The number of aliphatic hydroxyl groups is 1. The third-order valence-corrected chi connectivity index (χ3v) is 2.09. The summed E-state index contributed by atoms with van der Waals surface area (Å²) < 4.78 is 9.60. The molecule has 0 saturated heterocycles. The van der Waals surface area contributed by atoms with Crippen LogP contribution in [0.25, 0.3) is 0 Å². The number of amides is 1. The highest BCUT2D eigenvalue weighted by Gasteiger charge is 2.28. The van der Waals surface area contributed by atoms with E-state index < -0.39 is 23.8 Å². The van der Waals surface area contributed by atoms with Gasteiger partial charge in [-0.2, -0.15) is 0 Å². The number of rotatable bonds is 4. The summed E-state index contributed by atoms with van der Waals surface area (Å²) in [5, 5.41) is 9.56. The molecule has 6 nitrogen and oxygen atoms in total. The van der Waals surface area contributed by atoms with Crippen molar-refractivity contribution in [2.45, 2.75) is 52.4 Å². The molecule has 0 saturated carbocycles. The van der Waals surface area contributed by atoms with Crippen LogP contribution in [0, 0.1) is 0 Å². The summed E-state index contributed by atoms with van der Waals surface area (Å²) in [6.07, 6.45) is -1.94. The van der Waals surface area contributed by atoms with E-state index in [1.54, 1.807) is 34.6 Å². The molecule has 0 aliphatic carbocycles. The van der Waals surface area contributed by atoms with Gasteiger partial charge >= 0.3 is 12.1 Å². The van der Waals surface area contributed by atoms with Crippen LogP contribution < -0.4 is 0 Å². The summed E-state index contributed by atoms with van der Waals surface area (Å²) in [7, 11) is 1.18. The van der Waals surface area contributed by atoms with Crippen LogP contribution >= 0.6 is 0 Å². The molecule has 0 radical (unpaired) electrons. The highest BCUT2D eigenvalue weighted by Crippen LogP contribution is 2.12. The number of ether oxygens (including phenoxy) is 2. The Kier molecular flexibility index (Phi) is 6.11. The van der Waals surface area contributed by atoms with Crippen molar-refractivity contribution in [1.82, 2.24) is 4.90 Å². The van der Waals surface area contributed by atoms with Crippen LogP contribution in [-0.2, 0) is 14.3 Å². The summed E-state index contributed by atoms with van der Waals surface area (Å²) in [5.74, 6) is -0.774. The van der Waals surface area contributed by atoms with Crippen molar-refractivity contribution in [3.63, 3.8) is 0 Å². The Hall–Kier alpha value is -1.30. The standard InChI is InChI=1S/C12H23NO5/c1-8(2)13(7-9(14)10(15)17-6)11(16)18-12(3,4)5/h8-9,14H,7H2,1-6H3. The van der Waals surface area contributed by atoms with Gasteiger partial charge in [0.05, 0.1) is 13.7 Å². The molecule has 0 rings (SSSR count). The topological polar surface area (TPSA) is 76.1 Å². The van der Waals surface area contributed by atoms with Crippen LogP contribution in [0.2, 0.25) is 0 Å². The number of aliphatic hydroxyl groups excluding tert-OH is 1. The van der Waals surface area contributed by atoms with Crippen molar-refractivity contribution < 1.29 is 24.2 Å². The van der Waals surface area contributed by atoms with Gasteiger partial charge in [-0.25, -0.2) is 9.59 Å². The van der Waals surface area contributed by atoms with Crippen molar-refractivity contribution in [3.8, 4) is 0 Å². The predicted molar refractivity (Wildman–Crippen MR) is 66.1 cm³/mol. The summed E-state index contributed by atoms with van der Waals surface area (Å²) in [6.45, 7) is 8.64. The van der Waals surface area contributed by atoms with E-state index in [1.165, 1.54) is 12.0 Å². The Morgan fingerprint density at radius 2 is 1.78 bits per heavy atom. The van der Waals surface area contributed by atoms with Gasteiger partial charge in [0.15, 0.2) is 6.10 Å². The lowest BCUT2D eigenvalue weighted by Crippen LogP contribution is -2.46. The molecule has 0 aromatic heterocycles. The molecule has 0 heterocycles. The fourth-order valence-corrected chi connectivity index (χ4v) is 1.21. The van der Waals surface area contributed by atoms with Gasteiger partial charge in [-0.15, -0.1) is 0 Å². The van der Waals surface area contributed by atoms with E-state index in [0.29, 0.717) is 0 Å². The minimum atomic E-state index is -1.37. The molecule has 0 aliphatic rings. The van der Waals surface area contributed by atoms with Crippen LogP contribution in [0.15, 0.2) is 0 Å². The Morgan fingerprint density at radius 1 is 1.28 bits per heavy atom. The van der Waals surface area contributed by atoms with Crippen molar-refractivity contribution >= 4 is 12.1 Å². The number of hydrogen-bond acceptors (Lipinski definition) is 5. The van der Waals surface area contributed by atoms with Gasteiger partial charge in [-0.05, 0) is 34.6 Å². The smallest absolute Gasteiger partial charge is 0.410 e. The number of methoxy groups -OCH3 is 1. The lowest BCUT2D eigenvalue weighted by atomic mass is 10.2. The van der Waals surface area contributed by atoms with Crippen molar-refractivity contribution in [2.24, 2.45) is 0 Å². The van der Waals surface area contributed by atoms with Gasteiger partial charge < -0.3 is 19.5 Å². The fourth-order valence-electron chi connectivity index (χ4n) is 1.21. The van der Waals surface area contributed by atoms with Gasteiger partial charge in [0, 0.05) is 6.04 Å². The zero-order valence-electron chi connectivity index (χ0n) is 11.9. The molecule has 0 aromatic carbocycles. The van der Waals surface area contributed by atoms with Crippen molar-refractivity contribution in [1.29, 1.82) is 0 Å². The lowest BCUT2D eigenvalue weighted by molar-refractivity contribution is -0.151. The Bertz CT molecular complexity index is 295. The first-order valence-electron chi connectivity index (χ1n) is 5.84. The Balaban J connectivity index is 4.67. The second-order valence-corrected chi connectivity index (χ2v) is 5.27. The summed E-state index contributed by atoms with van der Waals surface area (Å²) in [6, 6.07) is -0.195. The largest absolute Gasteiger partial charge is 0.467 e. The lowest BCUT2D eigenvalue weighted by Gasteiger charge is -2.30. The third-order valence-electron chi connectivity index (χ3n) is 2.09. The Morgan fingerprint density at radius 3 is 2.11 bits per heavy atom. The number of esters is 1. The maximum atomic E-state index is 11.9. The monoisotopic (exact) mass is 261 g/mol. The van der Waals surface area contributed by atoms with Crippen LogP contribution in [0.4, 0.5) is 4.79 Å². The van der Waals surface area contributed by atoms with Crippen LogP contribution in [0.5, 0.6) is 0 Å². The summed E-state index contributed by atoms with van der Waals surface area (Å²) in [5.41, 5.74) is -0.625. The average molecular weight is 261 g/mol. The number of hydrogen-bond donors (Lipinski definition) is 1. The molecule has 6 heteroatoms. The maximum absolute atomic E-state index is 11.9. The predicted octanol–water partition coefficient (Wildman–Crippen LogP) is 1.17. The molecule has 1 N–H and O–H groups in total. The van der Waals surface area contributed by atoms with Gasteiger partial charge in [0.2, 0.25) is 0 Å². The quantitative estimate of drug-likeness (QED) is 0.769. The average Bonchev–Trinajstić information content (AvgIpc) is 2.21. The minimum absolute atomic E-state index is 0.154. The van der Waals surface area contributed by atoms with Crippen molar-refractivity contribution in [2.75, 3.05) is 13.7 Å². The van der Waals surface area contributed by atoms with Gasteiger partial charge in [-0.1, -0.05) is 0 Å². The second-order valence-electron chi connectivity index (χ2n) is 5.27. The number of nitrogens with zero attached hydrogens (tertiary/aromatic N) is 1. The molecule has 106 valence electrons. The Labute approximate surface area is 108 Å². The normalized spacial score (nSPS) is 13.1. The zero-order chi connectivity index (χ0) is 14.5. The van der Waals surface area contributed by atoms with E-state index in [1.807, 2.05) is 0 Å². The van der Waals surface area contributed by atoms with Crippen LogP contribution in [0.3, 0.4) is 0 Å². The van der Waals surface area contributed by atoms with Crippen LogP contribution in [-0.4, -0.2) is 53.5 Å². The van der Waals surface area contributed by atoms with Crippen LogP contribution in [0.1, 0.15) is 34.6 Å². The molecule has 0 aromatic rings. The summed E-state index contributed by atoms with van der Waals surface area (Å²) in [4.78, 5) is 24.3. The second kappa shape index (κ2) is 6.58. The first-order chi connectivity index (χ1) is 8.08. The molecule has 1 amide bonds. The van der Waals surface area contributed by atoms with E-state index in [0.717, 1.165) is 0 Å². The van der Waals surface area contributed by atoms with Gasteiger partial charge in [0.1, 0.15) is 5.60 Å². The molecule has 18 heavy (non-hydrogen) atoms. The van der Waals surface area contributed by atoms with E-state index in [2.05, 4.69) is 4.74 Å². The maximum Gasteiger partial charge on any atom is 0.410 e. The first-order valence-corrected chi connectivity index (χ1v) is 5.84. The molecular formula is C12H23NO5. The fraction of sp³-hybridized carbons (Fsp3) is 0.833. The van der Waals surface area contributed by atoms with E-state index in [4.69, 9.17) is 4.74 Å². The molecule has 0 spiro atoms. The summed E-state index contributed by atoms with van der Waals surface area (Å²) >= 11 is 0. The van der Waals surface area contributed by atoms with Crippen molar-refractivity contribution in [3.05, 3.63) is 0 Å². The van der Waals surface area contributed by atoms with E-state index in [-0.39, 0.29) is 12.6 Å². The first kappa shape index (κ1) is 16.7. The van der Waals surface area contributed by atoms with E-state index in [9.17, 15) is 14.7 Å². The molecule has 0 bridgehead atoms. The molecular weight excluding hydrogens is 238 g/mol. The molecule has 0 aliphatic heterocycles. The molecule has 1 unspecified atom stereocenters. The zero-order valence-corrected chi connectivity index (χ0v) is 11.9. The third kappa shape index (κ3) is 5.86. The van der Waals surface area contributed by atoms with Gasteiger partial charge in [0.25, 0.3) is 0 Å². The van der Waals surface area contributed by atoms with Gasteiger partial charge in [-0.3, -0.25) is 0 Å². The SMILES string of the molecule is COC(=O)C(O)CN(C(=O)OC(C)(C)C)C(C)C. The molecule has 0 fully saturated rings. The van der Waals surface area contributed by atoms with E-state index >= 15 is 0 Å². The highest BCUT2D eigenvalue weighted by molar-refractivity contribution is 5.76.